The van der Waals surface area contributed by atoms with Gasteiger partial charge in [0.05, 0.1) is 12.2 Å². The summed E-state index contributed by atoms with van der Waals surface area (Å²) in [6.45, 7) is 5.70. The summed E-state index contributed by atoms with van der Waals surface area (Å²) in [7, 11) is 0. The van der Waals surface area contributed by atoms with Gasteiger partial charge in [0.25, 0.3) is 0 Å². The zero-order valence-electron chi connectivity index (χ0n) is 19.4. The molecule has 1 fully saturated rings. The lowest BCUT2D eigenvalue weighted by atomic mass is 10.1. The van der Waals surface area contributed by atoms with Gasteiger partial charge >= 0.3 is 0 Å². The summed E-state index contributed by atoms with van der Waals surface area (Å²) in [6, 6.07) is 18.4. The third-order valence-electron chi connectivity index (χ3n) is 5.75. The third-order valence-corrected chi connectivity index (χ3v) is 5.75. The van der Waals surface area contributed by atoms with Gasteiger partial charge in [-0.05, 0) is 36.6 Å². The van der Waals surface area contributed by atoms with E-state index in [9.17, 15) is 4.79 Å². The minimum atomic E-state index is 0. The maximum absolute atomic E-state index is 12.4. The molecule has 9 heteroatoms. The predicted octanol–water partition coefficient (Wildman–Crippen LogP) is 3.03. The Labute approximate surface area is 217 Å². The first-order valence-corrected chi connectivity index (χ1v) is 11.5. The molecule has 0 aliphatic carbocycles. The Bertz CT molecular complexity index is 1040. The van der Waals surface area contributed by atoms with Crippen LogP contribution in [0.25, 0.3) is 5.69 Å². The van der Waals surface area contributed by atoms with Crippen LogP contribution >= 0.6 is 24.0 Å². The molecule has 8 nitrogen and oxygen atoms in total. The van der Waals surface area contributed by atoms with Crippen molar-refractivity contribution in [3.8, 4) is 5.69 Å². The van der Waals surface area contributed by atoms with Gasteiger partial charge < -0.3 is 15.5 Å². The summed E-state index contributed by atoms with van der Waals surface area (Å²) >= 11 is 0. The smallest absolute Gasteiger partial charge is 0.223 e. The van der Waals surface area contributed by atoms with E-state index in [1.165, 1.54) is 11.9 Å². The van der Waals surface area contributed by atoms with Crippen LogP contribution < -0.4 is 10.6 Å². The molecule has 34 heavy (non-hydrogen) atoms. The number of amides is 1. The molecule has 3 aromatic rings. The Kier molecular flexibility index (Phi) is 9.87. The summed E-state index contributed by atoms with van der Waals surface area (Å²) in [4.78, 5) is 23.1. The Morgan fingerprint density at radius 3 is 2.59 bits per heavy atom. The first kappa shape index (κ1) is 25.7. The molecule has 2 N–H and O–H groups in total. The van der Waals surface area contributed by atoms with Crippen molar-refractivity contribution in [2.24, 2.45) is 10.9 Å². The molecule has 1 unspecified atom stereocenters. The molecule has 1 amide bonds. The van der Waals surface area contributed by atoms with Gasteiger partial charge in [0.15, 0.2) is 5.96 Å². The molecule has 2 aromatic carbocycles. The topological polar surface area (TPSA) is 87.4 Å². The van der Waals surface area contributed by atoms with E-state index in [4.69, 9.17) is 4.99 Å². The molecule has 0 saturated carbocycles. The van der Waals surface area contributed by atoms with Crippen molar-refractivity contribution < 1.29 is 4.79 Å². The van der Waals surface area contributed by atoms with Gasteiger partial charge in [0.1, 0.15) is 12.7 Å². The van der Waals surface area contributed by atoms with E-state index in [1.807, 2.05) is 47.4 Å². The number of nitrogens with one attached hydrogen (secondary N) is 2. The molecule has 0 bridgehead atoms. The summed E-state index contributed by atoms with van der Waals surface area (Å²) in [5.41, 5.74) is 3.34. The van der Waals surface area contributed by atoms with Crippen molar-refractivity contribution in [3.05, 3.63) is 78.4 Å². The van der Waals surface area contributed by atoms with Crippen LogP contribution in [-0.4, -0.2) is 57.7 Å². The van der Waals surface area contributed by atoms with E-state index < -0.39 is 0 Å². The number of rotatable bonds is 9. The lowest BCUT2D eigenvalue weighted by Gasteiger charge is -2.18. The Hall–Kier alpha value is -2.95. The highest BCUT2D eigenvalue weighted by molar-refractivity contribution is 14.0. The van der Waals surface area contributed by atoms with Crippen LogP contribution in [0.15, 0.2) is 72.2 Å². The maximum Gasteiger partial charge on any atom is 0.223 e. The molecule has 180 valence electrons. The zero-order valence-corrected chi connectivity index (χ0v) is 21.8. The maximum atomic E-state index is 12.4. The van der Waals surface area contributed by atoms with Gasteiger partial charge in [0.2, 0.25) is 5.91 Å². The highest BCUT2D eigenvalue weighted by atomic mass is 127. The molecule has 4 rings (SSSR count). The quantitative estimate of drug-likeness (QED) is 0.234. The lowest BCUT2D eigenvalue weighted by molar-refractivity contribution is -0.127. The minimum Gasteiger partial charge on any atom is -0.357 e. The summed E-state index contributed by atoms with van der Waals surface area (Å²) in [5.74, 6) is 1.30. The number of hydrogen-bond acceptors (Lipinski definition) is 4. The normalized spacial score (nSPS) is 15.8. The summed E-state index contributed by atoms with van der Waals surface area (Å²) in [5, 5.41) is 10.9. The van der Waals surface area contributed by atoms with E-state index in [1.54, 1.807) is 11.0 Å². The van der Waals surface area contributed by atoms with Gasteiger partial charge in [-0.3, -0.25) is 4.79 Å². The fourth-order valence-electron chi connectivity index (χ4n) is 3.96. The van der Waals surface area contributed by atoms with Gasteiger partial charge in [-0.2, -0.15) is 5.10 Å². The highest BCUT2D eigenvalue weighted by Crippen LogP contribution is 2.17. The van der Waals surface area contributed by atoms with Crippen molar-refractivity contribution in [1.82, 2.24) is 30.3 Å². The average molecular weight is 573 g/mol. The van der Waals surface area contributed by atoms with Gasteiger partial charge in [-0.1, -0.05) is 42.5 Å². The molecule has 0 radical (unpaired) electrons. The molecule has 1 aliphatic heterocycles. The summed E-state index contributed by atoms with van der Waals surface area (Å²) < 4.78 is 1.73. The van der Waals surface area contributed by atoms with Crippen molar-refractivity contribution in [2.45, 2.75) is 26.3 Å². The first-order chi connectivity index (χ1) is 16.2. The van der Waals surface area contributed by atoms with E-state index in [0.717, 1.165) is 49.8 Å². The Morgan fingerprint density at radius 2 is 1.88 bits per heavy atom. The van der Waals surface area contributed by atoms with Crippen LogP contribution in [0, 0.1) is 5.92 Å². The molecule has 1 saturated heterocycles. The number of carbonyl (C=O) groups is 1. The number of likely N-dealkylation sites (tertiary alicyclic amines) is 1. The Morgan fingerprint density at radius 1 is 1.09 bits per heavy atom. The number of aromatic nitrogens is 3. The lowest BCUT2D eigenvalue weighted by Crippen LogP contribution is -2.40. The molecule has 1 aliphatic rings. The van der Waals surface area contributed by atoms with Crippen LogP contribution in [-0.2, 0) is 17.8 Å². The standard InChI is InChI=1S/C25H31N7O.HI/c1-2-27-25(28-15-21-8-10-23(11-9-21)32-19-26-18-30-32)29-16-22-14-24(33)31(17-22)13-12-20-6-4-3-5-7-20;/h3-11,18-19,22H,2,12-17H2,1H3,(H2,27,28,29);1H. The third kappa shape index (κ3) is 7.28. The van der Waals surface area contributed by atoms with Crippen LogP contribution in [0.4, 0.5) is 0 Å². The van der Waals surface area contributed by atoms with Gasteiger partial charge in [-0.15, -0.1) is 24.0 Å². The SMILES string of the molecule is CCNC(=NCc1ccc(-n2cncn2)cc1)NCC1CC(=O)N(CCc2ccccc2)C1.I. The van der Waals surface area contributed by atoms with Crippen molar-refractivity contribution in [3.63, 3.8) is 0 Å². The van der Waals surface area contributed by atoms with Crippen LogP contribution in [0.3, 0.4) is 0 Å². The van der Waals surface area contributed by atoms with Crippen molar-refractivity contribution in [1.29, 1.82) is 0 Å². The largest absolute Gasteiger partial charge is 0.357 e. The number of hydrogen-bond donors (Lipinski definition) is 2. The second-order valence-corrected chi connectivity index (χ2v) is 8.23. The van der Waals surface area contributed by atoms with E-state index in [-0.39, 0.29) is 29.9 Å². The number of aliphatic imine (C=N–C) groups is 1. The van der Waals surface area contributed by atoms with E-state index in [0.29, 0.717) is 18.9 Å². The average Bonchev–Trinajstić information content (AvgIpc) is 3.50. The second-order valence-electron chi connectivity index (χ2n) is 8.23. The van der Waals surface area contributed by atoms with Crippen LogP contribution in [0.5, 0.6) is 0 Å². The van der Waals surface area contributed by atoms with Crippen LogP contribution in [0.1, 0.15) is 24.5 Å². The van der Waals surface area contributed by atoms with E-state index in [2.05, 4.69) is 39.8 Å². The molecule has 1 atom stereocenters. The summed E-state index contributed by atoms with van der Waals surface area (Å²) in [6.07, 6.45) is 4.68. The number of guanidine groups is 1. The predicted molar refractivity (Wildman–Crippen MR) is 144 cm³/mol. The minimum absolute atomic E-state index is 0. The van der Waals surface area contributed by atoms with Gasteiger partial charge in [0, 0.05) is 38.5 Å². The van der Waals surface area contributed by atoms with Crippen molar-refractivity contribution >= 4 is 35.8 Å². The van der Waals surface area contributed by atoms with Crippen LogP contribution in [0.2, 0.25) is 0 Å². The molecule has 0 spiro atoms. The number of carbonyl (C=O) groups excluding carboxylic acids is 1. The van der Waals surface area contributed by atoms with E-state index >= 15 is 0 Å². The van der Waals surface area contributed by atoms with Gasteiger partial charge in [-0.25, -0.2) is 14.7 Å². The second kappa shape index (κ2) is 13.1. The number of halogens is 1. The zero-order chi connectivity index (χ0) is 22.9. The number of benzene rings is 2. The fourth-order valence-corrected chi connectivity index (χ4v) is 3.96. The number of nitrogens with zero attached hydrogens (tertiary/aromatic N) is 5. The molecular formula is C25H32IN7O. The highest BCUT2D eigenvalue weighted by Gasteiger charge is 2.29. The first-order valence-electron chi connectivity index (χ1n) is 11.5. The molecule has 2 heterocycles. The monoisotopic (exact) mass is 573 g/mol. The van der Waals surface area contributed by atoms with Crippen molar-refractivity contribution in [2.75, 3.05) is 26.2 Å². The fraction of sp³-hybridized carbons (Fsp3) is 0.360. The molecular weight excluding hydrogens is 541 g/mol. The molecule has 1 aromatic heterocycles. The Balaban J connectivity index is 0.00000324.